The molecule has 1 aromatic rings. The first kappa shape index (κ1) is 13.5. The molecule has 1 N–H and O–H groups in total. The van der Waals surface area contributed by atoms with Crippen LogP contribution in [0.3, 0.4) is 0 Å². The Labute approximate surface area is 118 Å². The van der Waals surface area contributed by atoms with Gasteiger partial charge in [-0.2, -0.15) is 15.8 Å². The van der Waals surface area contributed by atoms with Crippen LogP contribution in [0.1, 0.15) is 12.8 Å². The number of hydrogen-bond donors (Lipinski definition) is 1. The summed E-state index contributed by atoms with van der Waals surface area (Å²) in [6.45, 7) is 1.96. The van der Waals surface area contributed by atoms with Crippen LogP contribution in [0.4, 0.5) is 11.4 Å². The molecule has 0 bridgehead atoms. The zero-order valence-corrected chi connectivity index (χ0v) is 10.9. The van der Waals surface area contributed by atoms with Gasteiger partial charge in [-0.15, -0.1) is 0 Å². The topological polar surface area (TPSA) is 86.6 Å². The normalized spacial score (nSPS) is 12.9. The van der Waals surface area contributed by atoms with Gasteiger partial charge in [-0.05, 0) is 25.0 Å². The Morgan fingerprint density at radius 3 is 2.25 bits per heavy atom. The molecule has 1 aliphatic rings. The van der Waals surface area contributed by atoms with E-state index < -0.39 is 0 Å². The van der Waals surface area contributed by atoms with Crippen LogP contribution < -0.4 is 10.2 Å². The number of hydrogen-bond acceptors (Lipinski definition) is 5. The van der Waals surface area contributed by atoms with Gasteiger partial charge in [-0.25, -0.2) is 0 Å². The third-order valence-corrected chi connectivity index (χ3v) is 3.20. The van der Waals surface area contributed by atoms with E-state index in [2.05, 4.69) is 10.2 Å². The molecule has 1 aliphatic heterocycles. The molecular weight excluding hydrogens is 250 g/mol. The highest BCUT2D eigenvalue weighted by atomic mass is 15.2. The number of anilines is 2. The van der Waals surface area contributed by atoms with Crippen LogP contribution in [-0.4, -0.2) is 13.1 Å². The van der Waals surface area contributed by atoms with Gasteiger partial charge in [-0.3, -0.25) is 0 Å². The van der Waals surface area contributed by atoms with Crippen molar-refractivity contribution in [1.29, 1.82) is 15.8 Å². The summed E-state index contributed by atoms with van der Waals surface area (Å²) >= 11 is 0. The molecule has 1 saturated heterocycles. The lowest BCUT2D eigenvalue weighted by molar-refractivity contribution is 0.949. The van der Waals surface area contributed by atoms with E-state index in [1.807, 2.05) is 30.3 Å². The van der Waals surface area contributed by atoms with Gasteiger partial charge in [0, 0.05) is 13.1 Å². The van der Waals surface area contributed by atoms with Crippen molar-refractivity contribution < 1.29 is 0 Å². The Balaban J connectivity index is 2.35. The summed E-state index contributed by atoms with van der Waals surface area (Å²) in [6.07, 6.45) is 2.30. The van der Waals surface area contributed by atoms with Gasteiger partial charge in [0.05, 0.1) is 11.4 Å². The second-order valence-corrected chi connectivity index (χ2v) is 4.42. The molecule has 5 heteroatoms. The number of nitrogens with one attached hydrogen (secondary N) is 1. The molecule has 0 saturated carbocycles. The number of rotatable bonds is 3. The minimum Gasteiger partial charge on any atom is -0.370 e. The first-order valence-electron chi connectivity index (χ1n) is 6.35. The van der Waals surface area contributed by atoms with E-state index in [0.717, 1.165) is 37.3 Å². The molecule has 5 nitrogen and oxygen atoms in total. The summed E-state index contributed by atoms with van der Waals surface area (Å²) in [7, 11) is 0. The van der Waals surface area contributed by atoms with Gasteiger partial charge >= 0.3 is 0 Å². The number of nitriles is 3. The maximum absolute atomic E-state index is 9.09. The fraction of sp³-hybridized carbons (Fsp3) is 0.267. The quantitative estimate of drug-likeness (QED) is 0.847. The summed E-state index contributed by atoms with van der Waals surface area (Å²) in [6, 6.07) is 12.9. The van der Waals surface area contributed by atoms with Gasteiger partial charge in [0.15, 0.2) is 5.57 Å². The lowest BCUT2D eigenvalue weighted by Crippen LogP contribution is -2.19. The fourth-order valence-electron chi connectivity index (χ4n) is 2.23. The molecule has 1 heterocycles. The molecule has 0 atom stereocenters. The molecule has 0 aromatic heterocycles. The zero-order valence-electron chi connectivity index (χ0n) is 10.9. The highest BCUT2D eigenvalue weighted by molar-refractivity contribution is 5.74. The monoisotopic (exact) mass is 263 g/mol. The summed E-state index contributed by atoms with van der Waals surface area (Å²) < 4.78 is 0. The van der Waals surface area contributed by atoms with Crippen LogP contribution in [-0.2, 0) is 0 Å². The van der Waals surface area contributed by atoms with Gasteiger partial charge in [-0.1, -0.05) is 12.1 Å². The Kier molecular flexibility index (Phi) is 4.22. The minimum absolute atomic E-state index is 0.0124. The maximum Gasteiger partial charge on any atom is 0.163 e. The van der Waals surface area contributed by atoms with Crippen molar-refractivity contribution in [3.8, 4) is 18.2 Å². The first-order valence-corrected chi connectivity index (χ1v) is 6.35. The number of nitrogens with zero attached hydrogens (tertiary/aromatic N) is 4. The fourth-order valence-corrected chi connectivity index (χ4v) is 2.23. The number of allylic oxidation sites excluding steroid dienone is 2. The third kappa shape index (κ3) is 2.71. The molecule has 1 aromatic carbocycles. The van der Waals surface area contributed by atoms with Crippen molar-refractivity contribution >= 4 is 11.4 Å². The van der Waals surface area contributed by atoms with E-state index >= 15 is 0 Å². The van der Waals surface area contributed by atoms with Crippen molar-refractivity contribution in [2.45, 2.75) is 12.8 Å². The molecule has 0 unspecified atom stereocenters. The summed E-state index contributed by atoms with van der Waals surface area (Å²) in [5.41, 5.74) is 1.52. The SMILES string of the molecule is N#CC(C#N)=C(C#N)Nc1ccccc1N1CCCC1. The van der Waals surface area contributed by atoms with Crippen molar-refractivity contribution in [2.24, 2.45) is 0 Å². The molecule has 98 valence electrons. The number of benzene rings is 1. The molecule has 0 radical (unpaired) electrons. The van der Waals surface area contributed by atoms with E-state index in [-0.39, 0.29) is 11.3 Å². The minimum atomic E-state index is -0.205. The molecule has 0 amide bonds. The molecule has 0 spiro atoms. The molecule has 0 aliphatic carbocycles. The summed E-state index contributed by atoms with van der Waals surface area (Å²) in [5.74, 6) is 0. The van der Waals surface area contributed by atoms with Crippen molar-refractivity contribution in [3.05, 3.63) is 35.5 Å². The standard InChI is InChI=1S/C15H13N5/c16-9-12(10-17)14(11-18)19-13-5-1-2-6-15(13)20-7-3-4-8-20/h1-2,5-6,19H,3-4,7-8H2. The van der Waals surface area contributed by atoms with E-state index in [0.29, 0.717) is 0 Å². The first-order chi connectivity index (χ1) is 9.80. The van der Waals surface area contributed by atoms with E-state index in [1.165, 1.54) is 0 Å². The highest BCUT2D eigenvalue weighted by Gasteiger charge is 2.16. The lowest BCUT2D eigenvalue weighted by atomic mass is 10.2. The summed E-state index contributed by atoms with van der Waals surface area (Å²) in [4.78, 5) is 2.23. The van der Waals surface area contributed by atoms with Crippen molar-refractivity contribution in [3.63, 3.8) is 0 Å². The van der Waals surface area contributed by atoms with Crippen LogP contribution in [0, 0.1) is 34.0 Å². The van der Waals surface area contributed by atoms with Crippen LogP contribution in [0.2, 0.25) is 0 Å². The second-order valence-electron chi connectivity index (χ2n) is 4.42. The average Bonchev–Trinajstić information content (AvgIpc) is 3.02. The van der Waals surface area contributed by atoms with Gasteiger partial charge in [0.2, 0.25) is 0 Å². The Morgan fingerprint density at radius 1 is 1.00 bits per heavy atom. The summed E-state index contributed by atoms with van der Waals surface area (Å²) in [5, 5.41) is 29.7. The van der Waals surface area contributed by atoms with Crippen LogP contribution in [0.15, 0.2) is 35.5 Å². The number of para-hydroxylation sites is 2. The molecule has 2 rings (SSSR count). The lowest BCUT2D eigenvalue weighted by Gasteiger charge is -2.21. The predicted octanol–water partition coefficient (Wildman–Crippen LogP) is 2.52. The molecule has 1 fully saturated rings. The Morgan fingerprint density at radius 2 is 1.65 bits per heavy atom. The Bertz CT molecular complexity index is 632. The highest BCUT2D eigenvalue weighted by Crippen LogP contribution is 2.29. The van der Waals surface area contributed by atoms with Crippen LogP contribution in [0.25, 0.3) is 0 Å². The van der Waals surface area contributed by atoms with E-state index in [9.17, 15) is 0 Å². The Hall–Kier alpha value is -2.97. The van der Waals surface area contributed by atoms with Crippen molar-refractivity contribution in [2.75, 3.05) is 23.3 Å². The van der Waals surface area contributed by atoms with Crippen LogP contribution >= 0.6 is 0 Å². The van der Waals surface area contributed by atoms with Crippen molar-refractivity contribution in [1.82, 2.24) is 0 Å². The second kappa shape index (κ2) is 6.27. The van der Waals surface area contributed by atoms with Gasteiger partial charge < -0.3 is 10.2 Å². The largest absolute Gasteiger partial charge is 0.370 e. The van der Waals surface area contributed by atoms with Crippen LogP contribution in [0.5, 0.6) is 0 Å². The predicted molar refractivity (Wildman–Crippen MR) is 75.4 cm³/mol. The maximum atomic E-state index is 9.09. The van der Waals surface area contributed by atoms with E-state index in [4.69, 9.17) is 15.8 Å². The third-order valence-electron chi connectivity index (χ3n) is 3.20. The molecule has 20 heavy (non-hydrogen) atoms. The zero-order chi connectivity index (χ0) is 14.4. The van der Waals surface area contributed by atoms with Gasteiger partial charge in [0.25, 0.3) is 0 Å². The molecular formula is C15H13N5. The van der Waals surface area contributed by atoms with E-state index in [1.54, 1.807) is 12.1 Å². The van der Waals surface area contributed by atoms with Gasteiger partial charge in [0.1, 0.15) is 23.9 Å². The average molecular weight is 263 g/mol. The smallest absolute Gasteiger partial charge is 0.163 e.